The van der Waals surface area contributed by atoms with Crippen molar-refractivity contribution >= 4 is 22.9 Å². The summed E-state index contributed by atoms with van der Waals surface area (Å²) < 4.78 is 7.19. The third kappa shape index (κ3) is 1.94. The minimum Gasteiger partial charge on any atom is -0.394 e. The molecule has 1 aliphatic rings. The molecule has 2 aromatic heterocycles. The topological polar surface area (TPSA) is 157 Å². The Balaban J connectivity index is 2.02. The molecule has 10 nitrogen and oxygen atoms in total. The summed E-state index contributed by atoms with van der Waals surface area (Å²) in [5.41, 5.74) is 8.97. The average Bonchev–Trinajstić information content (AvgIpc) is 3.01. The lowest BCUT2D eigenvalue weighted by molar-refractivity contribution is -0.0432. The zero-order valence-corrected chi connectivity index (χ0v) is 10.5. The summed E-state index contributed by atoms with van der Waals surface area (Å²) >= 11 is 0. The van der Waals surface area contributed by atoms with Gasteiger partial charge in [0, 0.05) is 6.42 Å². The molecule has 1 aliphatic heterocycles. The van der Waals surface area contributed by atoms with E-state index >= 15 is 0 Å². The van der Waals surface area contributed by atoms with Crippen LogP contribution < -0.4 is 17.0 Å². The van der Waals surface area contributed by atoms with E-state index in [0.717, 1.165) is 0 Å². The van der Waals surface area contributed by atoms with Crippen LogP contribution in [0.2, 0.25) is 0 Å². The number of nitrogens with zero attached hydrogens (tertiary/aromatic N) is 4. The second-order valence-electron chi connectivity index (χ2n) is 4.52. The summed E-state index contributed by atoms with van der Waals surface area (Å²) in [5.74, 6) is 5.64. The molecule has 3 rings (SSSR count). The number of hydrogen-bond acceptors (Lipinski definition) is 9. The van der Waals surface area contributed by atoms with Crippen LogP contribution >= 0.6 is 0 Å². The van der Waals surface area contributed by atoms with Gasteiger partial charge >= 0.3 is 0 Å². The van der Waals surface area contributed by atoms with Gasteiger partial charge in [-0.3, -0.25) is 9.99 Å². The fourth-order valence-electron chi connectivity index (χ4n) is 2.26. The maximum absolute atomic E-state index is 9.78. The molecule has 0 bridgehead atoms. The normalized spacial score (nSPS) is 26.2. The van der Waals surface area contributed by atoms with Crippen molar-refractivity contribution in [1.29, 1.82) is 0 Å². The highest BCUT2D eigenvalue weighted by Gasteiger charge is 2.35. The first kappa shape index (κ1) is 13.0. The van der Waals surface area contributed by atoms with Gasteiger partial charge in [-0.1, -0.05) is 0 Å². The van der Waals surface area contributed by atoms with E-state index < -0.39 is 18.4 Å². The Morgan fingerprint density at radius 2 is 2.30 bits per heavy atom. The van der Waals surface area contributed by atoms with Crippen molar-refractivity contribution in [3.05, 3.63) is 6.33 Å². The summed E-state index contributed by atoms with van der Waals surface area (Å²) in [7, 11) is 0. The van der Waals surface area contributed by atoms with Gasteiger partial charge in [0.2, 0.25) is 5.95 Å². The molecule has 10 heteroatoms. The first-order valence-electron chi connectivity index (χ1n) is 6.05. The number of rotatable bonds is 3. The van der Waals surface area contributed by atoms with Gasteiger partial charge in [0.25, 0.3) is 0 Å². The van der Waals surface area contributed by atoms with Gasteiger partial charge in [-0.2, -0.15) is 9.97 Å². The zero-order valence-electron chi connectivity index (χ0n) is 10.5. The number of nitrogens with two attached hydrogens (primary N) is 2. The van der Waals surface area contributed by atoms with Gasteiger partial charge in [-0.05, 0) is 0 Å². The maximum atomic E-state index is 9.78. The fourth-order valence-corrected chi connectivity index (χ4v) is 2.26. The van der Waals surface area contributed by atoms with Crippen LogP contribution in [-0.2, 0) is 4.74 Å². The molecule has 2 aromatic rings. The first-order chi connectivity index (χ1) is 9.63. The smallest absolute Gasteiger partial charge is 0.241 e. The van der Waals surface area contributed by atoms with Crippen molar-refractivity contribution < 1.29 is 14.9 Å². The Labute approximate surface area is 113 Å². The summed E-state index contributed by atoms with van der Waals surface area (Å²) in [4.78, 5) is 12.2. The van der Waals surface area contributed by atoms with Crippen LogP contribution in [-0.4, -0.2) is 48.5 Å². The van der Waals surface area contributed by atoms with Crippen LogP contribution in [0.15, 0.2) is 6.33 Å². The molecule has 0 saturated carbocycles. The van der Waals surface area contributed by atoms with Gasteiger partial charge in [-0.15, -0.1) is 0 Å². The molecule has 108 valence electrons. The molecule has 1 saturated heterocycles. The molecule has 0 amide bonds. The number of nitrogens with one attached hydrogen (secondary N) is 1. The number of hydrazine groups is 1. The highest BCUT2D eigenvalue weighted by atomic mass is 16.5. The second kappa shape index (κ2) is 4.83. The van der Waals surface area contributed by atoms with E-state index in [0.29, 0.717) is 17.6 Å². The van der Waals surface area contributed by atoms with E-state index in [-0.39, 0.29) is 18.4 Å². The quantitative estimate of drug-likeness (QED) is 0.328. The number of aromatic nitrogens is 4. The molecule has 3 unspecified atom stereocenters. The van der Waals surface area contributed by atoms with E-state index in [1.54, 1.807) is 4.57 Å². The van der Waals surface area contributed by atoms with E-state index in [1.165, 1.54) is 6.33 Å². The van der Waals surface area contributed by atoms with Gasteiger partial charge in [-0.25, -0.2) is 10.8 Å². The van der Waals surface area contributed by atoms with Crippen molar-refractivity contribution in [2.45, 2.75) is 24.9 Å². The van der Waals surface area contributed by atoms with Crippen molar-refractivity contribution in [2.24, 2.45) is 5.84 Å². The standard InChI is InChI=1S/C10H15N7O3/c11-8-7-9(15-10(14-8)16-12)17(3-13-7)6-1-4(19)5(2-18)20-6/h3-6,18-19H,1-2,12H2,(H3,11,14,15,16). The van der Waals surface area contributed by atoms with E-state index in [1.807, 2.05) is 0 Å². The SMILES string of the molecule is NNc1nc(N)c2ncn(C3CC(O)C(CO)O3)c2n1. The van der Waals surface area contributed by atoms with Crippen LogP contribution in [0, 0.1) is 0 Å². The van der Waals surface area contributed by atoms with Crippen LogP contribution in [0.4, 0.5) is 11.8 Å². The fraction of sp³-hybridized carbons (Fsp3) is 0.500. The summed E-state index contributed by atoms with van der Waals surface area (Å²) in [5, 5.41) is 18.9. The van der Waals surface area contributed by atoms with E-state index in [4.69, 9.17) is 21.4 Å². The molecule has 0 aliphatic carbocycles. The number of hydrogen-bond donors (Lipinski definition) is 5. The van der Waals surface area contributed by atoms with E-state index in [2.05, 4.69) is 20.4 Å². The van der Waals surface area contributed by atoms with Gasteiger partial charge in [0.15, 0.2) is 11.5 Å². The Hall–Kier alpha value is -2.01. The molecule has 20 heavy (non-hydrogen) atoms. The Kier molecular flexibility index (Phi) is 3.14. The summed E-state index contributed by atoms with van der Waals surface area (Å²) in [6.45, 7) is -0.253. The number of aliphatic hydroxyl groups excluding tert-OH is 2. The second-order valence-corrected chi connectivity index (χ2v) is 4.52. The minimum atomic E-state index is -0.742. The van der Waals surface area contributed by atoms with Crippen molar-refractivity contribution in [2.75, 3.05) is 17.8 Å². The molecule has 7 N–H and O–H groups in total. The van der Waals surface area contributed by atoms with E-state index in [9.17, 15) is 5.11 Å². The maximum Gasteiger partial charge on any atom is 0.241 e. The Bertz CT molecular complexity index is 631. The molecule has 0 spiro atoms. The Morgan fingerprint density at radius 3 is 2.95 bits per heavy atom. The van der Waals surface area contributed by atoms with Crippen molar-refractivity contribution in [1.82, 2.24) is 19.5 Å². The highest BCUT2D eigenvalue weighted by Crippen LogP contribution is 2.31. The molecular weight excluding hydrogens is 266 g/mol. The molecule has 3 heterocycles. The largest absolute Gasteiger partial charge is 0.394 e. The molecule has 0 radical (unpaired) electrons. The molecular formula is C10H15N7O3. The highest BCUT2D eigenvalue weighted by molar-refractivity contribution is 5.82. The predicted octanol–water partition coefficient (Wildman–Crippen LogP) is -1.67. The average molecular weight is 281 g/mol. The van der Waals surface area contributed by atoms with Gasteiger partial charge in [0.1, 0.15) is 17.8 Å². The summed E-state index contributed by atoms with van der Waals surface area (Å²) in [6.07, 6.45) is -0.0105. The molecule has 3 atom stereocenters. The lowest BCUT2D eigenvalue weighted by Crippen LogP contribution is -2.24. The number of anilines is 2. The van der Waals surface area contributed by atoms with Crippen LogP contribution in [0.1, 0.15) is 12.6 Å². The number of aliphatic hydroxyl groups is 2. The van der Waals surface area contributed by atoms with Gasteiger partial charge < -0.3 is 20.7 Å². The lowest BCUT2D eigenvalue weighted by atomic mass is 10.2. The number of ether oxygens (including phenoxy) is 1. The third-order valence-electron chi connectivity index (χ3n) is 3.27. The Morgan fingerprint density at radius 1 is 1.50 bits per heavy atom. The predicted molar refractivity (Wildman–Crippen MR) is 69.2 cm³/mol. The number of nitrogen functional groups attached to an aromatic ring is 2. The summed E-state index contributed by atoms with van der Waals surface area (Å²) in [6, 6.07) is 0. The van der Waals surface area contributed by atoms with Crippen LogP contribution in [0.3, 0.4) is 0 Å². The lowest BCUT2D eigenvalue weighted by Gasteiger charge is -2.13. The van der Waals surface area contributed by atoms with Crippen LogP contribution in [0.25, 0.3) is 11.2 Å². The number of imidazole rings is 1. The molecule has 1 fully saturated rings. The monoisotopic (exact) mass is 281 g/mol. The first-order valence-corrected chi connectivity index (χ1v) is 6.05. The third-order valence-corrected chi connectivity index (χ3v) is 3.27. The van der Waals surface area contributed by atoms with Gasteiger partial charge in [0.05, 0.1) is 19.0 Å². The van der Waals surface area contributed by atoms with Crippen molar-refractivity contribution in [3.8, 4) is 0 Å². The zero-order chi connectivity index (χ0) is 14.3. The van der Waals surface area contributed by atoms with Crippen LogP contribution in [0.5, 0.6) is 0 Å². The number of fused-ring (bicyclic) bond motifs is 1. The molecule has 0 aromatic carbocycles. The van der Waals surface area contributed by atoms with Crippen molar-refractivity contribution in [3.63, 3.8) is 0 Å². The minimum absolute atomic E-state index is 0.161.